The average molecular weight is 188 g/mol. The van der Waals surface area contributed by atoms with Crippen LogP contribution in [0.1, 0.15) is 31.7 Å². The maximum absolute atomic E-state index is 10.2. The van der Waals surface area contributed by atoms with E-state index in [0.717, 1.165) is 30.4 Å². The summed E-state index contributed by atoms with van der Waals surface area (Å²) in [6.07, 6.45) is 5.20. The van der Waals surface area contributed by atoms with Gasteiger partial charge in [-0.15, -0.1) is 0 Å². The molecule has 0 aromatic heterocycles. The number of aliphatic hydroxyl groups is 1. The van der Waals surface area contributed by atoms with Crippen molar-refractivity contribution >= 4 is 5.57 Å². The third kappa shape index (κ3) is 1.73. The molecule has 1 aromatic carbocycles. The van der Waals surface area contributed by atoms with Crippen molar-refractivity contribution in [1.82, 2.24) is 0 Å². The second-order valence-electron chi connectivity index (χ2n) is 4.15. The molecular weight excluding hydrogens is 172 g/mol. The van der Waals surface area contributed by atoms with Crippen LogP contribution in [0.2, 0.25) is 0 Å². The molecule has 0 spiro atoms. The van der Waals surface area contributed by atoms with Crippen LogP contribution in [0.4, 0.5) is 0 Å². The first kappa shape index (κ1) is 9.47. The molecule has 74 valence electrons. The molecule has 0 radical (unpaired) electrons. The molecule has 0 heterocycles. The molecule has 0 fully saturated rings. The van der Waals surface area contributed by atoms with Crippen LogP contribution in [0.3, 0.4) is 0 Å². The van der Waals surface area contributed by atoms with Gasteiger partial charge in [-0.2, -0.15) is 0 Å². The van der Waals surface area contributed by atoms with Crippen LogP contribution in [-0.4, -0.2) is 10.7 Å². The van der Waals surface area contributed by atoms with Gasteiger partial charge in [-0.3, -0.25) is 0 Å². The van der Waals surface area contributed by atoms with E-state index in [1.165, 1.54) is 0 Å². The van der Waals surface area contributed by atoms with E-state index in [0.29, 0.717) is 0 Å². The molecule has 0 amide bonds. The predicted molar refractivity (Wildman–Crippen MR) is 58.9 cm³/mol. The molecule has 1 aliphatic rings. The SMILES string of the molecule is C[C@]1(O)CCCC=C1c1ccccc1. The van der Waals surface area contributed by atoms with E-state index < -0.39 is 5.60 Å². The fraction of sp³-hybridized carbons (Fsp3) is 0.385. The lowest BCUT2D eigenvalue weighted by atomic mass is 9.81. The van der Waals surface area contributed by atoms with Crippen LogP contribution in [0.15, 0.2) is 36.4 Å². The van der Waals surface area contributed by atoms with Crippen molar-refractivity contribution in [2.75, 3.05) is 0 Å². The second kappa shape index (κ2) is 3.58. The van der Waals surface area contributed by atoms with E-state index in [1.54, 1.807) is 0 Å². The van der Waals surface area contributed by atoms with Crippen LogP contribution in [0.25, 0.3) is 5.57 Å². The summed E-state index contributed by atoms with van der Waals surface area (Å²) in [5, 5.41) is 10.2. The summed E-state index contributed by atoms with van der Waals surface area (Å²) in [5.41, 5.74) is 1.60. The molecule has 0 saturated heterocycles. The van der Waals surface area contributed by atoms with Crippen LogP contribution in [0, 0.1) is 0 Å². The summed E-state index contributed by atoms with van der Waals surface area (Å²) >= 11 is 0. The van der Waals surface area contributed by atoms with Gasteiger partial charge in [-0.05, 0) is 37.3 Å². The minimum Gasteiger partial charge on any atom is -0.385 e. The average Bonchev–Trinajstić information content (AvgIpc) is 2.18. The Labute approximate surface area is 85.1 Å². The number of allylic oxidation sites excluding steroid dienone is 1. The minimum atomic E-state index is -0.639. The summed E-state index contributed by atoms with van der Waals surface area (Å²) in [6, 6.07) is 10.2. The van der Waals surface area contributed by atoms with Crippen molar-refractivity contribution in [3.8, 4) is 0 Å². The first-order valence-corrected chi connectivity index (χ1v) is 5.18. The highest BCUT2D eigenvalue weighted by molar-refractivity contribution is 5.72. The Bertz CT molecular complexity index is 336. The summed E-state index contributed by atoms with van der Waals surface area (Å²) in [7, 11) is 0. The van der Waals surface area contributed by atoms with Gasteiger partial charge in [0.1, 0.15) is 0 Å². The second-order valence-corrected chi connectivity index (χ2v) is 4.15. The van der Waals surface area contributed by atoms with E-state index in [2.05, 4.69) is 18.2 Å². The quantitative estimate of drug-likeness (QED) is 0.718. The Morgan fingerprint density at radius 2 is 1.93 bits per heavy atom. The Morgan fingerprint density at radius 1 is 1.21 bits per heavy atom. The Kier molecular flexibility index (Phi) is 2.42. The van der Waals surface area contributed by atoms with Crippen molar-refractivity contribution in [3.05, 3.63) is 42.0 Å². The Morgan fingerprint density at radius 3 is 2.57 bits per heavy atom. The zero-order chi connectivity index (χ0) is 10.0. The number of benzene rings is 1. The maximum Gasteiger partial charge on any atom is 0.0871 e. The van der Waals surface area contributed by atoms with Gasteiger partial charge >= 0.3 is 0 Å². The van der Waals surface area contributed by atoms with Gasteiger partial charge in [0.05, 0.1) is 5.60 Å². The van der Waals surface area contributed by atoms with Crippen molar-refractivity contribution in [2.24, 2.45) is 0 Å². The van der Waals surface area contributed by atoms with Gasteiger partial charge in [-0.1, -0.05) is 36.4 Å². The highest BCUT2D eigenvalue weighted by Gasteiger charge is 2.28. The zero-order valence-corrected chi connectivity index (χ0v) is 8.53. The highest BCUT2D eigenvalue weighted by Crippen LogP contribution is 2.35. The summed E-state index contributed by atoms with van der Waals surface area (Å²) in [6.45, 7) is 1.91. The number of rotatable bonds is 1. The smallest absolute Gasteiger partial charge is 0.0871 e. The lowest BCUT2D eigenvalue weighted by molar-refractivity contribution is 0.106. The monoisotopic (exact) mass is 188 g/mol. The fourth-order valence-corrected chi connectivity index (χ4v) is 2.09. The molecule has 1 aliphatic carbocycles. The molecule has 0 saturated carbocycles. The van der Waals surface area contributed by atoms with Crippen molar-refractivity contribution in [1.29, 1.82) is 0 Å². The van der Waals surface area contributed by atoms with Crippen LogP contribution in [0.5, 0.6) is 0 Å². The lowest BCUT2D eigenvalue weighted by Gasteiger charge is -2.30. The van der Waals surface area contributed by atoms with E-state index in [1.807, 2.05) is 25.1 Å². The first-order valence-electron chi connectivity index (χ1n) is 5.18. The fourth-order valence-electron chi connectivity index (χ4n) is 2.09. The van der Waals surface area contributed by atoms with Gasteiger partial charge in [0.25, 0.3) is 0 Å². The molecule has 1 heteroatoms. The van der Waals surface area contributed by atoms with E-state index in [4.69, 9.17) is 0 Å². The van der Waals surface area contributed by atoms with Gasteiger partial charge < -0.3 is 5.11 Å². The zero-order valence-electron chi connectivity index (χ0n) is 8.53. The highest BCUT2D eigenvalue weighted by atomic mass is 16.3. The third-order valence-corrected chi connectivity index (χ3v) is 2.88. The Balaban J connectivity index is 2.38. The largest absolute Gasteiger partial charge is 0.385 e. The summed E-state index contributed by atoms with van der Waals surface area (Å²) in [4.78, 5) is 0. The van der Waals surface area contributed by atoms with Crippen molar-refractivity contribution < 1.29 is 5.11 Å². The summed E-state index contributed by atoms with van der Waals surface area (Å²) in [5.74, 6) is 0. The van der Waals surface area contributed by atoms with E-state index in [-0.39, 0.29) is 0 Å². The first-order chi connectivity index (χ1) is 6.70. The van der Waals surface area contributed by atoms with Gasteiger partial charge in [0, 0.05) is 0 Å². The molecular formula is C13H16O. The lowest BCUT2D eigenvalue weighted by Crippen LogP contribution is -2.28. The minimum absolute atomic E-state index is 0.639. The standard InChI is InChI=1S/C13H16O/c1-13(14)10-6-5-9-12(13)11-7-3-2-4-8-11/h2-4,7-9,14H,5-6,10H2,1H3/t13-/m0/s1. The molecule has 1 atom stereocenters. The van der Waals surface area contributed by atoms with Crippen molar-refractivity contribution in [2.45, 2.75) is 31.8 Å². The van der Waals surface area contributed by atoms with Crippen LogP contribution in [-0.2, 0) is 0 Å². The van der Waals surface area contributed by atoms with Crippen LogP contribution < -0.4 is 0 Å². The normalized spacial score (nSPS) is 27.1. The maximum atomic E-state index is 10.2. The predicted octanol–water partition coefficient (Wildman–Crippen LogP) is 3.00. The molecule has 1 N–H and O–H groups in total. The Hall–Kier alpha value is -1.08. The molecule has 14 heavy (non-hydrogen) atoms. The third-order valence-electron chi connectivity index (χ3n) is 2.88. The molecule has 0 unspecified atom stereocenters. The van der Waals surface area contributed by atoms with Crippen LogP contribution >= 0.6 is 0 Å². The van der Waals surface area contributed by atoms with Gasteiger partial charge in [0.2, 0.25) is 0 Å². The van der Waals surface area contributed by atoms with E-state index in [9.17, 15) is 5.11 Å². The molecule has 1 aromatic rings. The molecule has 0 bridgehead atoms. The van der Waals surface area contributed by atoms with E-state index >= 15 is 0 Å². The molecule has 0 aliphatic heterocycles. The van der Waals surface area contributed by atoms with Crippen molar-refractivity contribution in [3.63, 3.8) is 0 Å². The molecule has 1 nitrogen and oxygen atoms in total. The summed E-state index contributed by atoms with van der Waals surface area (Å²) < 4.78 is 0. The number of hydrogen-bond donors (Lipinski definition) is 1. The topological polar surface area (TPSA) is 20.2 Å². The molecule has 2 rings (SSSR count). The number of hydrogen-bond acceptors (Lipinski definition) is 1. The van der Waals surface area contributed by atoms with Gasteiger partial charge in [0.15, 0.2) is 0 Å². The van der Waals surface area contributed by atoms with Gasteiger partial charge in [-0.25, -0.2) is 0 Å².